The van der Waals surface area contributed by atoms with Crippen LogP contribution in [-0.2, 0) is 0 Å². The summed E-state index contributed by atoms with van der Waals surface area (Å²) in [7, 11) is 0. The number of nitrogens with zero attached hydrogens (tertiary/aromatic N) is 2. The van der Waals surface area contributed by atoms with Crippen molar-refractivity contribution in [3.63, 3.8) is 0 Å². The first-order valence-electron chi connectivity index (χ1n) is 19.3. The Balaban J connectivity index is 0.998. The number of para-hydroxylation sites is 2. The molecule has 0 saturated carbocycles. The largest absolute Gasteiger partial charge is 0.310 e. The average molecular weight is 765 g/mol. The van der Waals surface area contributed by atoms with Gasteiger partial charge in [0.1, 0.15) is 0 Å². The number of anilines is 3. The monoisotopic (exact) mass is 764 g/mol. The third-order valence-corrected chi connectivity index (χ3v) is 13.6. The maximum atomic E-state index is 3.90. The van der Waals surface area contributed by atoms with E-state index in [2.05, 4.69) is 199 Å². The second-order valence-electron chi connectivity index (χ2n) is 14.5. The van der Waals surface area contributed by atoms with Gasteiger partial charge in [0.15, 0.2) is 0 Å². The van der Waals surface area contributed by atoms with Crippen LogP contribution in [0.5, 0.6) is 0 Å². The van der Waals surface area contributed by atoms with E-state index in [-0.39, 0.29) is 0 Å². The van der Waals surface area contributed by atoms with Gasteiger partial charge in [-0.05, 0) is 108 Å². The number of benzene rings is 8. The zero-order chi connectivity index (χ0) is 38.0. The van der Waals surface area contributed by atoms with E-state index in [4.69, 9.17) is 0 Å². The Morgan fingerprint density at radius 2 is 1.09 bits per heavy atom. The molecule has 0 aliphatic heterocycles. The molecule has 0 aliphatic carbocycles. The Hall–Kier alpha value is -6.72. The molecule has 0 saturated heterocycles. The molecule has 0 spiro atoms. The van der Waals surface area contributed by atoms with Gasteiger partial charge in [-0.2, -0.15) is 0 Å². The highest BCUT2D eigenvalue weighted by Crippen LogP contribution is 2.45. The number of hydrogen-bond acceptors (Lipinski definition) is 3. The molecular weight excluding hydrogens is 729 g/mol. The van der Waals surface area contributed by atoms with Gasteiger partial charge in [-0.1, -0.05) is 116 Å². The molecule has 0 atom stereocenters. The molecule has 0 bridgehead atoms. The standard InChI is InChI=1S/C53H36N2S2/c1-3-5-13-36(4-2)55-46-18-11-9-16-40(46)45-33-39(25-29-47(45)55)54(37-14-7-6-8-15-37)38-23-20-34(21-24-38)35-22-26-44-51(32-35)57-50-31-28-41-42(53(44)50)27-30-49-52(41)43-17-10-12-19-48(43)56-49/h3-33H,1H2,2H3/b13-5-,36-4+. The van der Waals surface area contributed by atoms with E-state index in [9.17, 15) is 0 Å². The number of hydrogen-bond donors (Lipinski definition) is 0. The van der Waals surface area contributed by atoms with Crippen LogP contribution in [0.15, 0.2) is 195 Å². The molecule has 270 valence electrons. The highest BCUT2D eigenvalue weighted by Gasteiger charge is 2.18. The topological polar surface area (TPSA) is 8.17 Å². The summed E-state index contributed by atoms with van der Waals surface area (Å²) in [5, 5.41) is 10.5. The maximum absolute atomic E-state index is 3.90. The number of fused-ring (bicyclic) bond motifs is 12. The van der Waals surface area contributed by atoms with Crippen LogP contribution in [0.3, 0.4) is 0 Å². The summed E-state index contributed by atoms with van der Waals surface area (Å²) in [5.41, 5.74) is 9.22. The minimum Gasteiger partial charge on any atom is -0.310 e. The summed E-state index contributed by atoms with van der Waals surface area (Å²) in [6, 6.07) is 60.4. The van der Waals surface area contributed by atoms with Crippen molar-refractivity contribution in [2.75, 3.05) is 4.90 Å². The predicted molar refractivity (Wildman–Crippen MR) is 252 cm³/mol. The van der Waals surface area contributed by atoms with Crippen molar-refractivity contribution >= 4 is 118 Å². The lowest BCUT2D eigenvalue weighted by Crippen LogP contribution is -2.09. The van der Waals surface area contributed by atoms with Crippen molar-refractivity contribution in [2.45, 2.75) is 6.92 Å². The molecule has 3 aromatic heterocycles. The van der Waals surface area contributed by atoms with E-state index in [0.717, 1.165) is 22.8 Å². The average Bonchev–Trinajstić information content (AvgIpc) is 3.94. The summed E-state index contributed by atoms with van der Waals surface area (Å²) < 4.78 is 7.68. The fourth-order valence-electron chi connectivity index (χ4n) is 8.76. The van der Waals surface area contributed by atoms with Crippen molar-refractivity contribution in [1.82, 2.24) is 4.57 Å². The molecule has 8 aromatic carbocycles. The molecule has 4 heteroatoms. The highest BCUT2D eigenvalue weighted by molar-refractivity contribution is 7.26. The van der Waals surface area contributed by atoms with Crippen LogP contribution in [0, 0.1) is 0 Å². The first kappa shape index (κ1) is 33.6. The third kappa shape index (κ3) is 5.37. The normalized spacial score (nSPS) is 12.4. The van der Waals surface area contributed by atoms with Gasteiger partial charge in [0.25, 0.3) is 0 Å². The summed E-state index contributed by atoms with van der Waals surface area (Å²) >= 11 is 3.77. The Bertz CT molecular complexity index is 3430. The van der Waals surface area contributed by atoms with E-state index in [1.165, 1.54) is 84.0 Å². The zero-order valence-electron chi connectivity index (χ0n) is 31.3. The van der Waals surface area contributed by atoms with Crippen molar-refractivity contribution in [3.8, 4) is 11.1 Å². The van der Waals surface area contributed by atoms with Crippen LogP contribution >= 0.6 is 22.7 Å². The minimum absolute atomic E-state index is 1.11. The summed E-state index contributed by atoms with van der Waals surface area (Å²) in [5.74, 6) is 0. The van der Waals surface area contributed by atoms with Crippen LogP contribution in [0.1, 0.15) is 6.92 Å². The Labute approximate surface area is 338 Å². The summed E-state index contributed by atoms with van der Waals surface area (Å²) in [6.07, 6.45) is 8.10. The van der Waals surface area contributed by atoms with E-state index >= 15 is 0 Å². The Morgan fingerprint density at radius 3 is 1.84 bits per heavy atom. The molecule has 0 radical (unpaired) electrons. The van der Waals surface area contributed by atoms with Crippen LogP contribution in [0.2, 0.25) is 0 Å². The van der Waals surface area contributed by atoms with Crippen LogP contribution in [0.25, 0.3) is 89.7 Å². The van der Waals surface area contributed by atoms with Gasteiger partial charge in [-0.15, -0.1) is 22.7 Å². The lowest BCUT2D eigenvalue weighted by atomic mass is 9.98. The SMILES string of the molecule is C=C/C=C\C(=C/C)n1c2ccccc2c2cc(N(c3ccccc3)c3ccc(-c4ccc5c(c4)sc4ccc6c(ccc7sc8ccccc8c76)c45)cc3)ccc21. The molecule has 57 heavy (non-hydrogen) atoms. The number of allylic oxidation sites excluding steroid dienone is 5. The first-order valence-corrected chi connectivity index (χ1v) is 21.0. The van der Waals surface area contributed by atoms with E-state index in [0.29, 0.717) is 0 Å². The molecule has 0 amide bonds. The Kier molecular flexibility index (Phi) is 7.95. The van der Waals surface area contributed by atoms with Gasteiger partial charge in [-0.3, -0.25) is 0 Å². The number of rotatable bonds is 7. The van der Waals surface area contributed by atoms with E-state index in [1.807, 2.05) is 34.8 Å². The highest BCUT2D eigenvalue weighted by atomic mass is 32.1. The second kappa shape index (κ2) is 13.5. The molecule has 2 nitrogen and oxygen atoms in total. The molecule has 0 aliphatic rings. The van der Waals surface area contributed by atoms with Crippen LogP contribution in [-0.4, -0.2) is 4.57 Å². The summed E-state index contributed by atoms with van der Waals surface area (Å²) in [4.78, 5) is 2.36. The van der Waals surface area contributed by atoms with Crippen molar-refractivity contribution in [3.05, 3.63) is 195 Å². The fraction of sp³-hybridized carbons (Fsp3) is 0.0189. The van der Waals surface area contributed by atoms with Crippen molar-refractivity contribution in [2.24, 2.45) is 0 Å². The molecule has 11 aromatic rings. The lowest BCUT2D eigenvalue weighted by Gasteiger charge is -2.26. The Morgan fingerprint density at radius 1 is 0.491 bits per heavy atom. The van der Waals surface area contributed by atoms with Crippen LogP contribution in [0.4, 0.5) is 17.1 Å². The summed E-state index contributed by atoms with van der Waals surface area (Å²) in [6.45, 7) is 5.99. The van der Waals surface area contributed by atoms with Gasteiger partial charge < -0.3 is 9.47 Å². The quantitative estimate of drug-likeness (QED) is 0.147. The molecule has 11 rings (SSSR count). The smallest absolute Gasteiger partial charge is 0.0542 e. The van der Waals surface area contributed by atoms with E-state index in [1.54, 1.807) is 0 Å². The molecule has 0 N–H and O–H groups in total. The van der Waals surface area contributed by atoms with E-state index < -0.39 is 0 Å². The number of aromatic nitrogens is 1. The van der Waals surface area contributed by atoms with Gasteiger partial charge in [0.2, 0.25) is 0 Å². The molecular formula is C53H36N2S2. The second-order valence-corrected chi connectivity index (χ2v) is 16.6. The zero-order valence-corrected chi connectivity index (χ0v) is 32.9. The first-order chi connectivity index (χ1) is 28.2. The molecule has 0 fully saturated rings. The van der Waals surface area contributed by atoms with Gasteiger partial charge in [0.05, 0.1) is 11.0 Å². The maximum Gasteiger partial charge on any atom is 0.0542 e. The fourth-order valence-corrected chi connectivity index (χ4v) is 11.0. The van der Waals surface area contributed by atoms with Crippen molar-refractivity contribution < 1.29 is 0 Å². The number of thiophene rings is 2. The van der Waals surface area contributed by atoms with Crippen LogP contribution < -0.4 is 4.90 Å². The third-order valence-electron chi connectivity index (χ3n) is 11.3. The van der Waals surface area contributed by atoms with Crippen molar-refractivity contribution in [1.29, 1.82) is 0 Å². The lowest BCUT2D eigenvalue weighted by molar-refractivity contribution is 1.23. The molecule has 3 heterocycles. The van der Waals surface area contributed by atoms with Gasteiger partial charge in [-0.25, -0.2) is 0 Å². The minimum atomic E-state index is 1.11. The van der Waals surface area contributed by atoms with Gasteiger partial charge >= 0.3 is 0 Å². The predicted octanol–water partition coefficient (Wildman–Crippen LogP) is 16.4. The molecule has 0 unspecified atom stereocenters. The van der Waals surface area contributed by atoms with Gasteiger partial charge in [0, 0.05) is 73.9 Å².